The van der Waals surface area contributed by atoms with E-state index in [9.17, 15) is 4.79 Å². The fourth-order valence-electron chi connectivity index (χ4n) is 2.17. The molecule has 0 saturated carbocycles. The van der Waals surface area contributed by atoms with Crippen molar-refractivity contribution in [1.29, 1.82) is 0 Å². The van der Waals surface area contributed by atoms with Gasteiger partial charge >= 0.3 is 6.09 Å². The number of carbonyl (C=O) groups excluding carboxylic acids is 1. The summed E-state index contributed by atoms with van der Waals surface area (Å²) in [6.45, 7) is 3.34. The van der Waals surface area contributed by atoms with E-state index in [1.54, 1.807) is 4.90 Å². The SMILES string of the molecule is O=C(OCC(Cl)(Cl)Cl)N1CCCSCCCNCCCSCCC1. The van der Waals surface area contributed by atoms with Gasteiger partial charge < -0.3 is 15.0 Å². The fourth-order valence-corrected chi connectivity index (χ4v) is 4.11. The molecular weight excluding hydrogens is 411 g/mol. The maximum Gasteiger partial charge on any atom is 0.409 e. The molecule has 0 unspecified atom stereocenters. The third-order valence-electron chi connectivity index (χ3n) is 3.34. The van der Waals surface area contributed by atoms with Gasteiger partial charge in [-0.15, -0.1) is 0 Å². The Bertz CT molecular complexity index is 331. The topological polar surface area (TPSA) is 41.6 Å². The lowest BCUT2D eigenvalue weighted by Crippen LogP contribution is -2.35. The van der Waals surface area contributed by atoms with Crippen LogP contribution in [0.3, 0.4) is 0 Å². The molecule has 1 rings (SSSR count). The number of ether oxygens (including phenoxy) is 1. The van der Waals surface area contributed by atoms with Crippen LogP contribution in [-0.4, -0.2) is 70.6 Å². The largest absolute Gasteiger partial charge is 0.445 e. The summed E-state index contributed by atoms with van der Waals surface area (Å²) in [6, 6.07) is 0. The Morgan fingerprint density at radius 2 is 1.46 bits per heavy atom. The minimum atomic E-state index is -1.56. The molecule has 1 saturated heterocycles. The van der Waals surface area contributed by atoms with Crippen LogP contribution in [0.15, 0.2) is 0 Å². The van der Waals surface area contributed by atoms with E-state index in [4.69, 9.17) is 39.5 Å². The van der Waals surface area contributed by atoms with Gasteiger partial charge in [-0.2, -0.15) is 23.5 Å². The number of thioether (sulfide) groups is 2. The monoisotopic (exact) mass is 436 g/mol. The van der Waals surface area contributed by atoms with Crippen molar-refractivity contribution in [1.82, 2.24) is 10.2 Å². The highest BCUT2D eigenvalue weighted by Crippen LogP contribution is 2.26. The van der Waals surface area contributed by atoms with Gasteiger partial charge in [-0.05, 0) is 61.8 Å². The highest BCUT2D eigenvalue weighted by atomic mass is 35.6. The lowest BCUT2D eigenvalue weighted by atomic mass is 10.4. The van der Waals surface area contributed by atoms with Crippen LogP contribution in [0.25, 0.3) is 0 Å². The van der Waals surface area contributed by atoms with Crippen LogP contribution >= 0.6 is 58.3 Å². The van der Waals surface area contributed by atoms with E-state index in [2.05, 4.69) is 5.32 Å². The smallest absolute Gasteiger partial charge is 0.409 e. The summed E-state index contributed by atoms with van der Waals surface area (Å²) in [4.78, 5) is 13.9. The van der Waals surface area contributed by atoms with Gasteiger partial charge in [0.15, 0.2) is 0 Å². The molecular formula is C15H27Cl3N2O2S2. The molecule has 1 aliphatic heterocycles. The number of hydrogen-bond acceptors (Lipinski definition) is 5. The molecule has 1 fully saturated rings. The van der Waals surface area contributed by atoms with Crippen LogP contribution in [0, 0.1) is 0 Å². The van der Waals surface area contributed by atoms with Gasteiger partial charge in [-0.25, -0.2) is 4.79 Å². The molecule has 0 aromatic carbocycles. The van der Waals surface area contributed by atoms with Crippen molar-refractivity contribution in [2.24, 2.45) is 0 Å². The number of nitrogens with one attached hydrogen (secondary N) is 1. The maximum atomic E-state index is 12.2. The van der Waals surface area contributed by atoms with Crippen LogP contribution in [0.5, 0.6) is 0 Å². The number of rotatable bonds is 1. The first-order chi connectivity index (χ1) is 11.5. The van der Waals surface area contributed by atoms with Gasteiger partial charge in [0, 0.05) is 13.1 Å². The predicted molar refractivity (Wildman–Crippen MR) is 109 cm³/mol. The number of carbonyl (C=O) groups is 1. The second-order valence-electron chi connectivity index (χ2n) is 5.55. The highest BCUT2D eigenvalue weighted by Gasteiger charge is 2.24. The van der Waals surface area contributed by atoms with Crippen LogP contribution in [0.4, 0.5) is 4.79 Å². The first kappa shape index (κ1) is 22.8. The number of alkyl halides is 3. The van der Waals surface area contributed by atoms with E-state index in [0.717, 1.165) is 48.9 Å². The van der Waals surface area contributed by atoms with E-state index in [-0.39, 0.29) is 12.7 Å². The Kier molecular flexibility index (Phi) is 13.3. The van der Waals surface area contributed by atoms with E-state index < -0.39 is 3.79 Å². The van der Waals surface area contributed by atoms with E-state index in [1.807, 2.05) is 23.5 Å². The van der Waals surface area contributed by atoms with E-state index in [1.165, 1.54) is 12.8 Å². The third kappa shape index (κ3) is 13.1. The zero-order valence-electron chi connectivity index (χ0n) is 13.9. The van der Waals surface area contributed by atoms with Crippen molar-refractivity contribution in [3.8, 4) is 0 Å². The number of hydrogen-bond donors (Lipinski definition) is 1. The molecule has 1 heterocycles. The molecule has 0 bridgehead atoms. The van der Waals surface area contributed by atoms with Crippen molar-refractivity contribution in [3.05, 3.63) is 0 Å². The molecule has 0 atom stereocenters. The van der Waals surface area contributed by atoms with Crippen molar-refractivity contribution in [2.75, 3.05) is 55.8 Å². The molecule has 1 amide bonds. The zero-order chi connectivity index (χ0) is 17.7. The second-order valence-corrected chi connectivity index (χ2v) is 10.5. The highest BCUT2D eigenvalue weighted by molar-refractivity contribution is 7.99. The van der Waals surface area contributed by atoms with Gasteiger partial charge in [0.2, 0.25) is 3.79 Å². The molecule has 24 heavy (non-hydrogen) atoms. The summed E-state index contributed by atoms with van der Waals surface area (Å²) in [5, 5.41) is 3.49. The molecule has 4 nitrogen and oxygen atoms in total. The number of nitrogens with zero attached hydrogens (tertiary/aromatic N) is 1. The van der Waals surface area contributed by atoms with Gasteiger partial charge in [-0.1, -0.05) is 34.8 Å². The minimum Gasteiger partial charge on any atom is -0.445 e. The van der Waals surface area contributed by atoms with Crippen molar-refractivity contribution < 1.29 is 9.53 Å². The van der Waals surface area contributed by atoms with Gasteiger partial charge in [0.1, 0.15) is 6.61 Å². The van der Waals surface area contributed by atoms with Crippen molar-refractivity contribution >= 4 is 64.4 Å². The first-order valence-electron chi connectivity index (χ1n) is 8.34. The lowest BCUT2D eigenvalue weighted by Gasteiger charge is -2.23. The van der Waals surface area contributed by atoms with Crippen molar-refractivity contribution in [3.63, 3.8) is 0 Å². The summed E-state index contributed by atoms with van der Waals surface area (Å²) in [5.41, 5.74) is 0. The molecule has 0 spiro atoms. The minimum absolute atomic E-state index is 0.219. The summed E-state index contributed by atoms with van der Waals surface area (Å²) in [5.74, 6) is 4.39. The second kappa shape index (κ2) is 13.9. The summed E-state index contributed by atoms with van der Waals surface area (Å²) in [6.07, 6.45) is 3.89. The number of halogens is 3. The molecule has 0 radical (unpaired) electrons. The molecule has 1 N–H and O–H groups in total. The van der Waals surface area contributed by atoms with Crippen LogP contribution in [0.2, 0.25) is 0 Å². The summed E-state index contributed by atoms with van der Waals surface area (Å²) < 4.78 is 3.56. The third-order valence-corrected chi connectivity index (χ3v) is 5.97. The first-order valence-corrected chi connectivity index (χ1v) is 11.8. The average molecular weight is 438 g/mol. The van der Waals surface area contributed by atoms with Crippen LogP contribution in [0.1, 0.15) is 25.7 Å². The van der Waals surface area contributed by atoms with Gasteiger partial charge in [0.05, 0.1) is 0 Å². The van der Waals surface area contributed by atoms with E-state index >= 15 is 0 Å². The average Bonchev–Trinajstić information content (AvgIpc) is 2.52. The predicted octanol–water partition coefficient (Wildman–Crippen LogP) is 4.43. The van der Waals surface area contributed by atoms with Gasteiger partial charge in [0.25, 0.3) is 0 Å². The lowest BCUT2D eigenvalue weighted by molar-refractivity contribution is 0.104. The molecule has 9 heteroatoms. The van der Waals surface area contributed by atoms with Crippen LogP contribution in [-0.2, 0) is 4.74 Å². The Labute approximate surface area is 169 Å². The summed E-state index contributed by atoms with van der Waals surface area (Å²) >= 11 is 20.8. The van der Waals surface area contributed by atoms with Gasteiger partial charge in [-0.3, -0.25) is 0 Å². The van der Waals surface area contributed by atoms with Crippen molar-refractivity contribution in [2.45, 2.75) is 29.5 Å². The normalized spacial score (nSPS) is 20.5. The standard InChI is InChI=1S/C15H27Cl3N2O2S2/c16-15(17,18)13-22-14(21)20-7-3-11-23-9-1-5-19-6-2-10-24-12-4-8-20/h19H,1-13H2. The Morgan fingerprint density at radius 3 is 1.96 bits per heavy atom. The van der Waals surface area contributed by atoms with E-state index in [0.29, 0.717) is 13.1 Å². The Hall–Kier alpha value is 0.800. The van der Waals surface area contributed by atoms with Crippen LogP contribution < -0.4 is 5.32 Å². The molecule has 1 aliphatic rings. The molecule has 0 aliphatic carbocycles. The Morgan fingerprint density at radius 1 is 0.958 bits per heavy atom. The quantitative estimate of drug-likeness (QED) is 0.615. The fraction of sp³-hybridized carbons (Fsp3) is 0.933. The number of amides is 1. The summed E-state index contributed by atoms with van der Waals surface area (Å²) in [7, 11) is 0. The Balaban J connectivity index is 2.39. The zero-order valence-corrected chi connectivity index (χ0v) is 17.8. The maximum absolute atomic E-state index is 12.2. The molecule has 142 valence electrons. The molecule has 0 aromatic rings. The molecule has 0 aromatic heterocycles.